The van der Waals surface area contributed by atoms with Crippen molar-refractivity contribution >= 4 is 0 Å². The highest BCUT2D eigenvalue weighted by Crippen LogP contribution is 2.51. The second kappa shape index (κ2) is 6.49. The van der Waals surface area contributed by atoms with Crippen molar-refractivity contribution in [2.75, 3.05) is 0 Å². The van der Waals surface area contributed by atoms with Gasteiger partial charge in [-0.3, -0.25) is 4.98 Å². The van der Waals surface area contributed by atoms with E-state index in [1.165, 1.54) is 42.4 Å². The Morgan fingerprint density at radius 1 is 0.889 bits per heavy atom. The van der Waals surface area contributed by atoms with Gasteiger partial charge in [-0.15, -0.1) is 0 Å². The molecule has 1 heterocycles. The molecular weight excluding hydrogens is 326 g/mol. The number of benzene rings is 2. The number of allylic oxidation sites excluding steroid dienone is 2. The van der Waals surface area contributed by atoms with E-state index in [1.54, 1.807) is 5.57 Å². The zero-order valence-corrected chi connectivity index (χ0v) is 15.9. The third-order valence-electron chi connectivity index (χ3n) is 6.36. The molecule has 1 saturated carbocycles. The maximum atomic E-state index is 4.56. The van der Waals surface area contributed by atoms with Crippen molar-refractivity contribution in [3.05, 3.63) is 90.1 Å². The molecule has 1 heteroatoms. The summed E-state index contributed by atoms with van der Waals surface area (Å²) in [7, 11) is 0. The van der Waals surface area contributed by atoms with Crippen molar-refractivity contribution in [3.8, 4) is 22.4 Å². The fraction of sp³-hybridized carbons (Fsp3) is 0.269. The summed E-state index contributed by atoms with van der Waals surface area (Å²) < 4.78 is 0. The highest BCUT2D eigenvalue weighted by molar-refractivity contribution is 5.70. The molecular formula is C26H25N. The first-order chi connectivity index (χ1) is 13.2. The van der Waals surface area contributed by atoms with Crippen LogP contribution in [-0.2, 0) is 5.41 Å². The Bertz CT molecular complexity index is 984. The number of aromatic nitrogens is 1. The van der Waals surface area contributed by atoms with Crippen LogP contribution in [0.4, 0.5) is 0 Å². The maximum absolute atomic E-state index is 4.56. The molecule has 0 saturated heterocycles. The Hall–Kier alpha value is -2.67. The summed E-state index contributed by atoms with van der Waals surface area (Å²) in [5.74, 6) is 0.806. The van der Waals surface area contributed by atoms with Crippen molar-refractivity contribution < 1.29 is 0 Å². The molecule has 1 fully saturated rings. The van der Waals surface area contributed by atoms with Crippen molar-refractivity contribution in [3.63, 3.8) is 0 Å². The van der Waals surface area contributed by atoms with Gasteiger partial charge in [-0.05, 0) is 60.4 Å². The molecule has 1 nitrogen and oxygen atoms in total. The lowest BCUT2D eigenvalue weighted by Gasteiger charge is -2.37. The number of hydrogen-bond acceptors (Lipinski definition) is 1. The quantitative estimate of drug-likeness (QED) is 0.473. The molecule has 0 N–H and O–H groups in total. The molecule has 27 heavy (non-hydrogen) atoms. The first kappa shape index (κ1) is 16.5. The Morgan fingerprint density at radius 2 is 1.70 bits per heavy atom. The summed E-state index contributed by atoms with van der Waals surface area (Å²) in [6, 6.07) is 24.0. The average Bonchev–Trinajstić information content (AvgIpc) is 3.04. The van der Waals surface area contributed by atoms with E-state index in [4.69, 9.17) is 0 Å². The van der Waals surface area contributed by atoms with E-state index in [1.807, 2.05) is 12.3 Å². The normalized spacial score (nSPS) is 23.9. The van der Waals surface area contributed by atoms with Gasteiger partial charge in [0.05, 0.1) is 5.69 Å². The van der Waals surface area contributed by atoms with Crippen LogP contribution in [0.2, 0.25) is 0 Å². The van der Waals surface area contributed by atoms with E-state index >= 15 is 0 Å². The van der Waals surface area contributed by atoms with Crippen molar-refractivity contribution in [2.45, 2.75) is 38.0 Å². The lowest BCUT2D eigenvalue weighted by Crippen LogP contribution is -2.29. The Morgan fingerprint density at radius 3 is 2.52 bits per heavy atom. The smallest absolute Gasteiger partial charge is 0.0708 e. The lowest BCUT2D eigenvalue weighted by atomic mass is 9.67. The summed E-state index contributed by atoms with van der Waals surface area (Å²) in [5, 5.41) is 0. The van der Waals surface area contributed by atoms with Crippen LogP contribution in [-0.4, -0.2) is 4.98 Å². The van der Waals surface area contributed by atoms with Crippen LogP contribution < -0.4 is 0 Å². The molecule has 0 spiro atoms. The lowest BCUT2D eigenvalue weighted by molar-refractivity contribution is 0.304. The minimum absolute atomic E-state index is 0.360. The maximum Gasteiger partial charge on any atom is 0.0708 e. The first-order valence-corrected chi connectivity index (χ1v) is 10.0. The third kappa shape index (κ3) is 3.02. The number of hydrogen-bond donors (Lipinski definition) is 0. The first-order valence-electron chi connectivity index (χ1n) is 10.0. The van der Waals surface area contributed by atoms with Gasteiger partial charge >= 0.3 is 0 Å². The summed E-state index contributed by atoms with van der Waals surface area (Å²) in [6.45, 7) is 2.41. The zero-order chi connectivity index (χ0) is 18.3. The molecule has 2 bridgehead atoms. The van der Waals surface area contributed by atoms with Crippen LogP contribution in [0.25, 0.3) is 22.4 Å². The molecule has 1 aromatic heterocycles. The predicted molar refractivity (Wildman–Crippen MR) is 113 cm³/mol. The second-order valence-electron chi connectivity index (χ2n) is 8.41. The summed E-state index contributed by atoms with van der Waals surface area (Å²) >= 11 is 0. The summed E-state index contributed by atoms with van der Waals surface area (Å²) in [5.41, 5.74) is 8.25. The minimum atomic E-state index is 0.360. The van der Waals surface area contributed by atoms with Gasteiger partial charge in [0.2, 0.25) is 0 Å². The fourth-order valence-corrected chi connectivity index (χ4v) is 5.15. The van der Waals surface area contributed by atoms with E-state index in [0.717, 1.165) is 17.2 Å². The van der Waals surface area contributed by atoms with Crippen molar-refractivity contribution in [1.29, 1.82) is 0 Å². The third-order valence-corrected chi connectivity index (χ3v) is 6.36. The van der Waals surface area contributed by atoms with Crippen molar-refractivity contribution in [1.82, 2.24) is 4.98 Å². The second-order valence-corrected chi connectivity index (χ2v) is 8.41. The summed E-state index contributed by atoms with van der Waals surface area (Å²) in [6.07, 6.45) is 9.54. The number of rotatable bonds is 3. The van der Waals surface area contributed by atoms with Gasteiger partial charge < -0.3 is 0 Å². The molecule has 0 amide bonds. The molecule has 134 valence electrons. The number of pyridine rings is 1. The molecule has 2 atom stereocenters. The van der Waals surface area contributed by atoms with Gasteiger partial charge in [0.25, 0.3) is 0 Å². The molecule has 2 aliphatic carbocycles. The van der Waals surface area contributed by atoms with E-state index in [9.17, 15) is 0 Å². The predicted octanol–water partition coefficient (Wildman–Crippen LogP) is 6.80. The van der Waals surface area contributed by atoms with E-state index in [0.29, 0.717) is 5.41 Å². The van der Waals surface area contributed by atoms with Crippen molar-refractivity contribution in [2.24, 2.45) is 5.92 Å². The molecule has 5 rings (SSSR count). The topological polar surface area (TPSA) is 12.9 Å². The van der Waals surface area contributed by atoms with Gasteiger partial charge in [0, 0.05) is 17.2 Å². The van der Waals surface area contributed by atoms with Gasteiger partial charge in [0.15, 0.2) is 0 Å². The molecule has 2 aromatic carbocycles. The molecule has 0 radical (unpaired) electrons. The highest BCUT2D eigenvalue weighted by Gasteiger charge is 2.41. The van der Waals surface area contributed by atoms with Crippen LogP contribution >= 0.6 is 0 Å². The molecule has 2 aliphatic rings. The van der Waals surface area contributed by atoms with Gasteiger partial charge in [-0.1, -0.05) is 73.2 Å². The highest BCUT2D eigenvalue weighted by atomic mass is 14.7. The van der Waals surface area contributed by atoms with E-state index in [-0.39, 0.29) is 0 Å². The zero-order valence-electron chi connectivity index (χ0n) is 15.9. The molecule has 2 unspecified atom stereocenters. The number of fused-ring (bicyclic) bond motifs is 2. The van der Waals surface area contributed by atoms with E-state index in [2.05, 4.69) is 78.6 Å². The standard InChI is InChI=1S/C26H25N/c1-19-15-20-11-13-26(17-19,18-20)24-9-7-21(8-10-24)23-12-14-27-25(16-23)22-5-3-2-4-6-22/h2-12,14,16,19H,13,15,17-18H2,1H3. The van der Waals surface area contributed by atoms with Crippen LogP contribution in [0.5, 0.6) is 0 Å². The Balaban J connectivity index is 1.45. The summed E-state index contributed by atoms with van der Waals surface area (Å²) in [4.78, 5) is 4.56. The Kier molecular flexibility index (Phi) is 3.97. The van der Waals surface area contributed by atoms with Crippen LogP contribution in [0.3, 0.4) is 0 Å². The SMILES string of the molecule is CC1CC2=CCC(c3ccc(-c4ccnc(-c5ccccc5)c4)cc3)(C2)C1. The fourth-order valence-electron chi connectivity index (χ4n) is 5.15. The molecule has 0 aliphatic heterocycles. The van der Waals surface area contributed by atoms with Crippen LogP contribution in [0.15, 0.2) is 84.6 Å². The molecule has 3 aromatic rings. The van der Waals surface area contributed by atoms with Gasteiger partial charge in [-0.2, -0.15) is 0 Å². The van der Waals surface area contributed by atoms with Gasteiger partial charge in [-0.25, -0.2) is 0 Å². The number of nitrogens with zero attached hydrogens (tertiary/aromatic N) is 1. The monoisotopic (exact) mass is 351 g/mol. The van der Waals surface area contributed by atoms with Gasteiger partial charge in [0.1, 0.15) is 0 Å². The minimum Gasteiger partial charge on any atom is -0.256 e. The van der Waals surface area contributed by atoms with Crippen LogP contribution in [0, 0.1) is 5.92 Å². The van der Waals surface area contributed by atoms with E-state index < -0.39 is 0 Å². The average molecular weight is 351 g/mol. The van der Waals surface area contributed by atoms with Crippen LogP contribution in [0.1, 0.15) is 38.2 Å². The largest absolute Gasteiger partial charge is 0.256 e. The Labute approximate surface area is 161 Å².